The van der Waals surface area contributed by atoms with Crippen molar-refractivity contribution in [2.75, 3.05) is 0 Å². The summed E-state index contributed by atoms with van der Waals surface area (Å²) in [6.45, 7) is 4.55. The molecule has 2 nitrogen and oxygen atoms in total. The maximum Gasteiger partial charge on any atom is 0.159 e. The molecular weight excluding hydrogens is 316 g/mol. The molecule has 1 unspecified atom stereocenters. The Bertz CT molecular complexity index is 675. The van der Waals surface area contributed by atoms with Crippen LogP contribution in [0, 0.1) is 5.92 Å². The van der Waals surface area contributed by atoms with Crippen LogP contribution in [0.1, 0.15) is 82.0 Å². The Morgan fingerprint density at radius 1 is 0.962 bits per heavy atom. The lowest BCUT2D eigenvalue weighted by Crippen LogP contribution is -2.16. The van der Waals surface area contributed by atoms with E-state index in [0.717, 1.165) is 23.7 Å². The van der Waals surface area contributed by atoms with Crippen LogP contribution in [-0.2, 0) is 19.3 Å². The third-order valence-corrected chi connectivity index (χ3v) is 5.73. The van der Waals surface area contributed by atoms with E-state index in [1.165, 1.54) is 81.0 Å². The van der Waals surface area contributed by atoms with E-state index in [2.05, 4.69) is 49.3 Å². The van der Waals surface area contributed by atoms with Gasteiger partial charge in [-0.3, -0.25) is 0 Å². The van der Waals surface area contributed by atoms with Gasteiger partial charge in [0, 0.05) is 17.5 Å². The van der Waals surface area contributed by atoms with Crippen molar-refractivity contribution in [1.29, 1.82) is 0 Å². The van der Waals surface area contributed by atoms with Gasteiger partial charge in [0.2, 0.25) is 0 Å². The Morgan fingerprint density at radius 3 is 2.54 bits per heavy atom. The topological polar surface area (TPSA) is 25.8 Å². The van der Waals surface area contributed by atoms with E-state index in [0.29, 0.717) is 0 Å². The minimum atomic E-state index is 0.832. The van der Waals surface area contributed by atoms with Gasteiger partial charge >= 0.3 is 0 Å². The first-order chi connectivity index (χ1) is 12.8. The molecule has 0 saturated carbocycles. The van der Waals surface area contributed by atoms with Crippen molar-refractivity contribution in [3.63, 3.8) is 0 Å². The Balaban J connectivity index is 1.59. The molecule has 1 aliphatic rings. The highest BCUT2D eigenvalue weighted by Gasteiger charge is 2.20. The van der Waals surface area contributed by atoms with Crippen molar-refractivity contribution in [3.05, 3.63) is 47.3 Å². The SMILES string of the molecule is CCCCCCCc1ccc(-c2ncc3c(n2)CCC(CCC)C3)cc1. The maximum absolute atomic E-state index is 4.89. The summed E-state index contributed by atoms with van der Waals surface area (Å²) in [5.74, 6) is 1.73. The molecule has 0 fully saturated rings. The highest BCUT2D eigenvalue weighted by Crippen LogP contribution is 2.28. The van der Waals surface area contributed by atoms with Crippen molar-refractivity contribution in [1.82, 2.24) is 9.97 Å². The van der Waals surface area contributed by atoms with E-state index >= 15 is 0 Å². The fourth-order valence-corrected chi connectivity index (χ4v) is 4.13. The quantitative estimate of drug-likeness (QED) is 0.478. The Hall–Kier alpha value is -1.70. The second-order valence-electron chi connectivity index (χ2n) is 7.92. The smallest absolute Gasteiger partial charge is 0.159 e. The van der Waals surface area contributed by atoms with Crippen LogP contribution in [0.3, 0.4) is 0 Å². The molecule has 140 valence electrons. The second kappa shape index (κ2) is 9.85. The van der Waals surface area contributed by atoms with Gasteiger partial charge in [0.05, 0.1) is 0 Å². The van der Waals surface area contributed by atoms with E-state index in [-0.39, 0.29) is 0 Å². The van der Waals surface area contributed by atoms with E-state index in [1.807, 2.05) is 0 Å². The van der Waals surface area contributed by atoms with Crippen LogP contribution in [0.15, 0.2) is 30.5 Å². The molecule has 0 spiro atoms. The van der Waals surface area contributed by atoms with Gasteiger partial charge in [-0.15, -0.1) is 0 Å². The lowest BCUT2D eigenvalue weighted by Gasteiger charge is -2.23. The first-order valence-corrected chi connectivity index (χ1v) is 10.7. The van der Waals surface area contributed by atoms with Gasteiger partial charge in [-0.1, -0.05) is 76.6 Å². The summed E-state index contributed by atoms with van der Waals surface area (Å²) >= 11 is 0. The zero-order valence-corrected chi connectivity index (χ0v) is 16.6. The molecule has 26 heavy (non-hydrogen) atoms. The van der Waals surface area contributed by atoms with E-state index in [4.69, 9.17) is 4.98 Å². The van der Waals surface area contributed by atoms with Gasteiger partial charge in [-0.25, -0.2) is 9.97 Å². The Labute approximate surface area is 159 Å². The first kappa shape index (κ1) is 19.1. The van der Waals surface area contributed by atoms with Crippen molar-refractivity contribution in [3.8, 4) is 11.4 Å². The van der Waals surface area contributed by atoms with Gasteiger partial charge in [0.1, 0.15) is 0 Å². The van der Waals surface area contributed by atoms with Crippen LogP contribution in [0.25, 0.3) is 11.4 Å². The molecule has 0 amide bonds. The number of fused-ring (bicyclic) bond motifs is 1. The van der Waals surface area contributed by atoms with Crippen molar-refractivity contribution in [2.45, 2.75) is 84.5 Å². The fourth-order valence-electron chi connectivity index (χ4n) is 4.13. The molecule has 0 aliphatic heterocycles. The normalized spacial score (nSPS) is 16.5. The van der Waals surface area contributed by atoms with Crippen LogP contribution >= 0.6 is 0 Å². The molecule has 1 atom stereocenters. The zero-order chi connectivity index (χ0) is 18.2. The highest BCUT2D eigenvalue weighted by molar-refractivity contribution is 5.55. The van der Waals surface area contributed by atoms with E-state index < -0.39 is 0 Å². The molecule has 2 aromatic rings. The summed E-state index contributed by atoms with van der Waals surface area (Å²) in [7, 11) is 0. The number of hydrogen-bond donors (Lipinski definition) is 0. The third kappa shape index (κ3) is 5.16. The zero-order valence-electron chi connectivity index (χ0n) is 16.6. The molecule has 0 N–H and O–H groups in total. The van der Waals surface area contributed by atoms with E-state index in [9.17, 15) is 0 Å². The number of rotatable bonds is 9. The van der Waals surface area contributed by atoms with Crippen LogP contribution in [0.2, 0.25) is 0 Å². The minimum absolute atomic E-state index is 0.832. The van der Waals surface area contributed by atoms with Gasteiger partial charge in [0.25, 0.3) is 0 Å². The Kier molecular flexibility index (Phi) is 7.22. The molecule has 3 rings (SSSR count). The van der Waals surface area contributed by atoms with Crippen LogP contribution in [0.5, 0.6) is 0 Å². The number of aromatic nitrogens is 2. The predicted molar refractivity (Wildman–Crippen MR) is 110 cm³/mol. The van der Waals surface area contributed by atoms with Crippen molar-refractivity contribution >= 4 is 0 Å². The van der Waals surface area contributed by atoms with Crippen molar-refractivity contribution < 1.29 is 0 Å². The summed E-state index contributed by atoms with van der Waals surface area (Å²) in [6, 6.07) is 8.92. The number of hydrogen-bond acceptors (Lipinski definition) is 2. The van der Waals surface area contributed by atoms with Gasteiger partial charge in [0.15, 0.2) is 5.82 Å². The predicted octanol–water partition coefficient (Wildman–Crippen LogP) is 6.56. The van der Waals surface area contributed by atoms with Gasteiger partial charge in [-0.2, -0.15) is 0 Å². The summed E-state index contributed by atoms with van der Waals surface area (Å²) in [5, 5.41) is 0. The summed E-state index contributed by atoms with van der Waals surface area (Å²) < 4.78 is 0. The summed E-state index contributed by atoms with van der Waals surface area (Å²) in [5.41, 5.74) is 5.24. The molecule has 1 aromatic carbocycles. The summed E-state index contributed by atoms with van der Waals surface area (Å²) in [6.07, 6.45) is 16.2. The average Bonchev–Trinajstić information content (AvgIpc) is 2.68. The van der Waals surface area contributed by atoms with Gasteiger partial charge in [-0.05, 0) is 49.1 Å². The number of unbranched alkanes of at least 4 members (excludes halogenated alkanes) is 4. The lowest BCUT2D eigenvalue weighted by molar-refractivity contribution is 0.417. The average molecular weight is 351 g/mol. The van der Waals surface area contributed by atoms with Crippen LogP contribution in [-0.4, -0.2) is 9.97 Å². The maximum atomic E-state index is 4.89. The molecule has 2 heteroatoms. The molecule has 0 saturated heterocycles. The molecule has 1 aliphatic carbocycles. The monoisotopic (exact) mass is 350 g/mol. The number of benzene rings is 1. The van der Waals surface area contributed by atoms with Gasteiger partial charge < -0.3 is 0 Å². The molecule has 1 aromatic heterocycles. The lowest BCUT2D eigenvalue weighted by atomic mass is 9.84. The fraction of sp³-hybridized carbons (Fsp3) is 0.583. The van der Waals surface area contributed by atoms with Crippen LogP contribution in [0.4, 0.5) is 0 Å². The standard InChI is InChI=1S/C24H34N2/c1-3-5-6-7-8-10-19-11-14-21(15-12-19)24-25-18-22-17-20(9-4-2)13-16-23(22)26-24/h11-12,14-15,18,20H,3-10,13,16-17H2,1-2H3. The second-order valence-corrected chi connectivity index (χ2v) is 7.92. The van der Waals surface area contributed by atoms with Crippen molar-refractivity contribution in [2.24, 2.45) is 5.92 Å². The molecule has 0 radical (unpaired) electrons. The molecule has 1 heterocycles. The minimum Gasteiger partial charge on any atom is -0.236 e. The largest absolute Gasteiger partial charge is 0.236 e. The number of aryl methyl sites for hydroxylation is 2. The molecule has 0 bridgehead atoms. The molecular formula is C24H34N2. The van der Waals surface area contributed by atoms with E-state index in [1.54, 1.807) is 0 Å². The highest BCUT2D eigenvalue weighted by atomic mass is 14.9. The Morgan fingerprint density at radius 2 is 1.77 bits per heavy atom. The third-order valence-electron chi connectivity index (χ3n) is 5.73. The first-order valence-electron chi connectivity index (χ1n) is 10.7. The van der Waals surface area contributed by atoms with Crippen LogP contribution < -0.4 is 0 Å². The summed E-state index contributed by atoms with van der Waals surface area (Å²) in [4.78, 5) is 9.56. The number of nitrogens with zero attached hydrogens (tertiary/aromatic N) is 2.